The van der Waals surface area contributed by atoms with E-state index < -0.39 is 50.0 Å². The van der Waals surface area contributed by atoms with E-state index in [1.807, 2.05) is 24.3 Å². The molecule has 1 fully saturated rings. The summed E-state index contributed by atoms with van der Waals surface area (Å²) in [6.45, 7) is 3.51. The smallest absolute Gasteiger partial charge is 0.349 e. The lowest BCUT2D eigenvalue weighted by molar-refractivity contribution is -0.149. The molecule has 0 spiro atoms. The SMILES string of the molecule is COC(=O)C(=C[C@@H]1[C@@H](C(=O)O[C@H](C#N)c2cccc(Oc3ccccc3)c2)C1(C)C)S(C)(=O)=O. The van der Waals surface area contributed by atoms with Crippen LogP contribution in [0.4, 0.5) is 0 Å². The first-order valence-electron chi connectivity index (χ1n) is 10.4. The molecule has 0 aromatic heterocycles. The van der Waals surface area contributed by atoms with Crippen LogP contribution in [-0.4, -0.2) is 33.7 Å². The summed E-state index contributed by atoms with van der Waals surface area (Å²) in [4.78, 5) is 24.4. The van der Waals surface area contributed by atoms with Crippen molar-refractivity contribution in [2.75, 3.05) is 13.4 Å². The summed E-state index contributed by atoms with van der Waals surface area (Å²) in [6, 6.07) is 17.7. The summed E-state index contributed by atoms with van der Waals surface area (Å²) in [5.41, 5.74) is -0.236. The maximum absolute atomic E-state index is 12.9. The lowest BCUT2D eigenvalue weighted by Crippen LogP contribution is -2.15. The highest BCUT2D eigenvalue weighted by Crippen LogP contribution is 2.60. The van der Waals surface area contributed by atoms with Gasteiger partial charge in [-0.25, -0.2) is 13.2 Å². The minimum atomic E-state index is -3.86. The van der Waals surface area contributed by atoms with Crippen LogP contribution >= 0.6 is 0 Å². The van der Waals surface area contributed by atoms with E-state index >= 15 is 0 Å². The highest BCUT2D eigenvalue weighted by molar-refractivity contribution is 7.95. The van der Waals surface area contributed by atoms with Crippen molar-refractivity contribution in [3.05, 3.63) is 71.1 Å². The van der Waals surface area contributed by atoms with Gasteiger partial charge in [-0.1, -0.05) is 50.3 Å². The van der Waals surface area contributed by atoms with Gasteiger partial charge in [0.15, 0.2) is 9.84 Å². The van der Waals surface area contributed by atoms with Gasteiger partial charge in [-0.2, -0.15) is 5.26 Å². The van der Waals surface area contributed by atoms with E-state index in [1.54, 1.807) is 50.2 Å². The molecule has 0 radical (unpaired) electrons. The Labute approximate surface area is 198 Å². The fraction of sp³-hybridized carbons (Fsp3) is 0.320. The number of hydrogen-bond acceptors (Lipinski definition) is 8. The maximum Gasteiger partial charge on any atom is 0.349 e. The van der Waals surface area contributed by atoms with Gasteiger partial charge in [0.25, 0.3) is 0 Å². The second-order valence-corrected chi connectivity index (χ2v) is 10.5. The number of carbonyl (C=O) groups is 2. The monoisotopic (exact) mass is 483 g/mol. The number of esters is 2. The highest BCUT2D eigenvalue weighted by Gasteiger charge is 2.62. The third-order valence-corrected chi connectivity index (χ3v) is 6.87. The number of sulfone groups is 1. The maximum atomic E-state index is 12.9. The zero-order chi connectivity index (χ0) is 25.1. The van der Waals surface area contributed by atoms with E-state index in [9.17, 15) is 23.3 Å². The fourth-order valence-electron chi connectivity index (χ4n) is 3.77. The third-order valence-electron chi connectivity index (χ3n) is 5.77. The molecule has 0 bridgehead atoms. The lowest BCUT2D eigenvalue weighted by Gasteiger charge is -2.13. The molecule has 3 rings (SSSR count). The Bertz CT molecular complexity index is 1260. The molecule has 8 nitrogen and oxygen atoms in total. The summed E-state index contributed by atoms with van der Waals surface area (Å²) in [5.74, 6) is -1.87. The molecule has 0 saturated heterocycles. The summed E-state index contributed by atoms with van der Waals surface area (Å²) >= 11 is 0. The zero-order valence-electron chi connectivity index (χ0n) is 19.2. The quantitative estimate of drug-likeness (QED) is 0.409. The van der Waals surface area contributed by atoms with Crippen molar-refractivity contribution in [3.8, 4) is 17.6 Å². The van der Waals surface area contributed by atoms with E-state index in [0.29, 0.717) is 17.1 Å². The van der Waals surface area contributed by atoms with Gasteiger partial charge in [0.1, 0.15) is 22.5 Å². The van der Waals surface area contributed by atoms with Crippen LogP contribution in [0, 0.1) is 28.6 Å². The number of ether oxygens (including phenoxy) is 3. The average Bonchev–Trinajstić information content (AvgIpc) is 3.35. The van der Waals surface area contributed by atoms with E-state index in [-0.39, 0.29) is 0 Å². The predicted octanol–water partition coefficient (Wildman–Crippen LogP) is 3.96. The number of rotatable bonds is 8. The molecule has 1 aliphatic carbocycles. The second-order valence-electron chi connectivity index (χ2n) is 8.55. The summed E-state index contributed by atoms with van der Waals surface area (Å²) in [7, 11) is -2.78. The van der Waals surface area contributed by atoms with E-state index in [4.69, 9.17) is 9.47 Å². The number of nitriles is 1. The number of nitrogens with zero attached hydrogens (tertiary/aromatic N) is 1. The number of allylic oxidation sites excluding steroid dienone is 1. The molecule has 9 heteroatoms. The van der Waals surface area contributed by atoms with Crippen molar-refractivity contribution in [2.45, 2.75) is 20.0 Å². The van der Waals surface area contributed by atoms with Crippen LogP contribution in [0.5, 0.6) is 11.5 Å². The van der Waals surface area contributed by atoms with Gasteiger partial charge < -0.3 is 14.2 Å². The second kappa shape index (κ2) is 9.69. The molecule has 0 unspecified atom stereocenters. The summed E-state index contributed by atoms with van der Waals surface area (Å²) in [6.07, 6.45) is 0.945. The Morgan fingerprint density at radius 3 is 2.32 bits per heavy atom. The molecule has 2 aromatic carbocycles. The molecule has 1 aliphatic rings. The molecule has 0 amide bonds. The van der Waals surface area contributed by atoms with E-state index in [2.05, 4.69) is 4.74 Å². The van der Waals surface area contributed by atoms with Gasteiger partial charge in [-0.05, 0) is 35.6 Å². The first kappa shape index (κ1) is 25.0. The van der Waals surface area contributed by atoms with Gasteiger partial charge in [0, 0.05) is 11.8 Å². The summed E-state index contributed by atoms with van der Waals surface area (Å²) in [5, 5.41) is 9.64. The van der Waals surface area contributed by atoms with Crippen molar-refractivity contribution in [1.29, 1.82) is 5.26 Å². The molecule has 34 heavy (non-hydrogen) atoms. The fourth-order valence-corrected chi connectivity index (χ4v) is 4.55. The van der Waals surface area contributed by atoms with E-state index in [0.717, 1.165) is 13.4 Å². The Morgan fingerprint density at radius 1 is 1.09 bits per heavy atom. The average molecular weight is 484 g/mol. The molecule has 0 N–H and O–H groups in total. The Kier molecular flexibility index (Phi) is 7.12. The molecule has 2 aromatic rings. The topological polar surface area (TPSA) is 120 Å². The summed E-state index contributed by atoms with van der Waals surface area (Å²) < 4.78 is 39.9. The molecule has 0 heterocycles. The number of methoxy groups -OCH3 is 1. The van der Waals surface area contributed by atoms with Crippen molar-refractivity contribution >= 4 is 21.8 Å². The minimum Gasteiger partial charge on any atom is -0.465 e. The molecule has 0 aliphatic heterocycles. The zero-order valence-corrected chi connectivity index (χ0v) is 20.0. The van der Waals surface area contributed by atoms with Gasteiger partial charge in [0.05, 0.1) is 13.0 Å². The molecule has 178 valence electrons. The first-order valence-corrected chi connectivity index (χ1v) is 12.3. The Hall–Kier alpha value is -3.64. The molecule has 1 saturated carbocycles. The van der Waals surface area contributed by atoms with Crippen LogP contribution in [0.1, 0.15) is 25.5 Å². The number of benzene rings is 2. The highest BCUT2D eigenvalue weighted by atomic mass is 32.2. The Balaban J connectivity index is 1.78. The van der Waals surface area contributed by atoms with Crippen LogP contribution < -0.4 is 4.74 Å². The van der Waals surface area contributed by atoms with Gasteiger partial charge >= 0.3 is 11.9 Å². The van der Waals surface area contributed by atoms with Crippen LogP contribution in [0.15, 0.2) is 65.6 Å². The lowest BCUT2D eigenvalue weighted by atomic mass is 10.1. The standard InChI is InChI=1S/C25H25NO7S/c1-25(2)19(14-21(23(27)31-3)34(4,29)30)22(25)24(28)33-20(15-26)16-9-8-12-18(13-16)32-17-10-6-5-7-11-17/h5-14,19-20,22H,1-4H3/t19-,20-,22+/m1/s1. The van der Waals surface area contributed by atoms with Crippen molar-refractivity contribution in [3.63, 3.8) is 0 Å². The Morgan fingerprint density at radius 2 is 1.74 bits per heavy atom. The first-order chi connectivity index (χ1) is 16.0. The van der Waals surface area contributed by atoms with Crippen LogP contribution in [0.3, 0.4) is 0 Å². The molecule has 3 atom stereocenters. The van der Waals surface area contributed by atoms with Crippen molar-refractivity contribution < 1.29 is 32.2 Å². The predicted molar refractivity (Wildman–Crippen MR) is 123 cm³/mol. The number of para-hydroxylation sites is 1. The van der Waals surface area contributed by atoms with E-state index in [1.165, 1.54) is 6.08 Å². The van der Waals surface area contributed by atoms with Gasteiger partial charge in [-0.15, -0.1) is 0 Å². The molecular formula is C25H25NO7S. The van der Waals surface area contributed by atoms with Gasteiger partial charge in [-0.3, -0.25) is 4.79 Å². The minimum absolute atomic E-state index is 0.432. The van der Waals surface area contributed by atoms with Crippen LogP contribution in [0.25, 0.3) is 0 Å². The number of carbonyl (C=O) groups excluding carboxylic acids is 2. The largest absolute Gasteiger partial charge is 0.465 e. The van der Waals surface area contributed by atoms with Crippen LogP contribution in [-0.2, 0) is 28.9 Å². The van der Waals surface area contributed by atoms with Crippen molar-refractivity contribution in [2.24, 2.45) is 17.3 Å². The molecular weight excluding hydrogens is 458 g/mol. The third kappa shape index (κ3) is 5.46. The van der Waals surface area contributed by atoms with Crippen LogP contribution in [0.2, 0.25) is 0 Å². The normalized spacial score (nSPS) is 19.9. The van der Waals surface area contributed by atoms with Gasteiger partial charge in [0.2, 0.25) is 6.10 Å². The van der Waals surface area contributed by atoms with Crippen molar-refractivity contribution in [1.82, 2.24) is 0 Å². The number of hydrogen-bond donors (Lipinski definition) is 0.